The third-order valence-corrected chi connectivity index (χ3v) is 2.38. The fraction of sp³-hybridized carbons (Fsp3) is 0.667. The van der Waals surface area contributed by atoms with Crippen LogP contribution in [-0.4, -0.2) is 18.0 Å². The van der Waals surface area contributed by atoms with Crippen LogP contribution in [0.15, 0.2) is 16.5 Å². The Balaban J connectivity index is 2.48. The molecule has 0 atom stereocenters. The Labute approximate surface area is 92.2 Å². The summed E-state index contributed by atoms with van der Waals surface area (Å²) in [6.45, 7) is 8.06. The molecule has 86 valence electrons. The number of hydrogen-bond donors (Lipinski definition) is 1. The van der Waals surface area contributed by atoms with Crippen molar-refractivity contribution in [3.63, 3.8) is 0 Å². The zero-order chi connectivity index (χ0) is 11.1. The van der Waals surface area contributed by atoms with Crippen LogP contribution >= 0.6 is 0 Å². The van der Waals surface area contributed by atoms with E-state index in [4.69, 9.17) is 10.2 Å². The highest BCUT2D eigenvalue weighted by atomic mass is 16.3. The molecular weight excluding hydrogens is 188 g/mol. The quantitative estimate of drug-likeness (QED) is 0.751. The number of rotatable bonds is 7. The second-order valence-electron chi connectivity index (χ2n) is 3.85. The average molecular weight is 210 g/mol. The lowest BCUT2D eigenvalue weighted by Crippen LogP contribution is -2.24. The average Bonchev–Trinajstić information content (AvgIpc) is 2.66. The molecule has 0 aromatic carbocycles. The molecule has 0 spiro atoms. The van der Waals surface area contributed by atoms with Crippen molar-refractivity contribution in [2.24, 2.45) is 5.73 Å². The second kappa shape index (κ2) is 6.64. The Morgan fingerprint density at radius 3 is 2.20 bits per heavy atom. The highest BCUT2D eigenvalue weighted by molar-refractivity contribution is 5.06. The monoisotopic (exact) mass is 210 g/mol. The molecule has 3 nitrogen and oxygen atoms in total. The Bertz CT molecular complexity index is 264. The summed E-state index contributed by atoms with van der Waals surface area (Å²) in [4.78, 5) is 2.42. The molecule has 2 N–H and O–H groups in total. The lowest BCUT2D eigenvalue weighted by atomic mass is 10.3. The smallest absolute Gasteiger partial charge is 0.118 e. The summed E-state index contributed by atoms with van der Waals surface area (Å²) >= 11 is 0. The molecule has 0 unspecified atom stereocenters. The topological polar surface area (TPSA) is 42.4 Å². The lowest BCUT2D eigenvalue weighted by Gasteiger charge is -2.19. The van der Waals surface area contributed by atoms with E-state index >= 15 is 0 Å². The highest BCUT2D eigenvalue weighted by Crippen LogP contribution is 2.10. The van der Waals surface area contributed by atoms with Crippen LogP contribution in [-0.2, 0) is 13.1 Å². The standard InChI is InChI=1S/C12H22N2O/c1-3-7-14(8-4-2)10-12-6-5-11(9-13)15-12/h5-6H,3-4,7-10,13H2,1-2H3. The van der Waals surface area contributed by atoms with Gasteiger partial charge in [-0.15, -0.1) is 0 Å². The summed E-state index contributed by atoms with van der Waals surface area (Å²) in [6.07, 6.45) is 2.37. The summed E-state index contributed by atoms with van der Waals surface area (Å²) in [7, 11) is 0. The van der Waals surface area contributed by atoms with Crippen molar-refractivity contribution in [1.29, 1.82) is 0 Å². The van der Waals surface area contributed by atoms with E-state index < -0.39 is 0 Å². The number of nitrogens with zero attached hydrogens (tertiary/aromatic N) is 1. The van der Waals surface area contributed by atoms with E-state index in [9.17, 15) is 0 Å². The van der Waals surface area contributed by atoms with E-state index in [1.165, 1.54) is 12.8 Å². The summed E-state index contributed by atoms with van der Waals surface area (Å²) in [6, 6.07) is 3.99. The van der Waals surface area contributed by atoms with E-state index in [1.54, 1.807) is 0 Å². The first kappa shape index (κ1) is 12.3. The van der Waals surface area contributed by atoms with Crippen LogP contribution in [0, 0.1) is 0 Å². The fourth-order valence-corrected chi connectivity index (χ4v) is 1.74. The number of furan rings is 1. The van der Waals surface area contributed by atoms with Gasteiger partial charge in [0.15, 0.2) is 0 Å². The normalized spacial score (nSPS) is 11.2. The molecule has 3 heteroatoms. The predicted molar refractivity (Wildman–Crippen MR) is 62.5 cm³/mol. The van der Waals surface area contributed by atoms with E-state index in [2.05, 4.69) is 18.7 Å². The van der Waals surface area contributed by atoms with E-state index in [1.807, 2.05) is 12.1 Å². The van der Waals surface area contributed by atoms with Crippen LogP contribution in [0.3, 0.4) is 0 Å². The lowest BCUT2D eigenvalue weighted by molar-refractivity contribution is 0.242. The molecule has 15 heavy (non-hydrogen) atoms. The highest BCUT2D eigenvalue weighted by Gasteiger charge is 2.07. The van der Waals surface area contributed by atoms with Crippen LogP contribution in [0.2, 0.25) is 0 Å². The minimum Gasteiger partial charge on any atom is -0.463 e. The molecule has 0 fully saturated rings. The van der Waals surface area contributed by atoms with Gasteiger partial charge < -0.3 is 10.2 Å². The molecule has 0 aliphatic rings. The molecule has 0 saturated carbocycles. The van der Waals surface area contributed by atoms with Crippen molar-refractivity contribution in [3.8, 4) is 0 Å². The Morgan fingerprint density at radius 1 is 1.13 bits per heavy atom. The van der Waals surface area contributed by atoms with E-state index in [0.29, 0.717) is 6.54 Å². The van der Waals surface area contributed by atoms with Gasteiger partial charge in [0.05, 0.1) is 13.1 Å². The molecule has 1 rings (SSSR count). The van der Waals surface area contributed by atoms with E-state index in [0.717, 1.165) is 31.2 Å². The van der Waals surface area contributed by atoms with Crippen molar-refractivity contribution in [1.82, 2.24) is 4.90 Å². The molecule has 1 aromatic rings. The molecule has 0 radical (unpaired) electrons. The largest absolute Gasteiger partial charge is 0.463 e. The first-order valence-corrected chi connectivity index (χ1v) is 5.80. The summed E-state index contributed by atoms with van der Waals surface area (Å²) < 4.78 is 5.59. The molecule has 0 aliphatic carbocycles. The molecule has 0 bridgehead atoms. The molecule has 1 aromatic heterocycles. The van der Waals surface area contributed by atoms with Gasteiger partial charge in [-0.05, 0) is 38.1 Å². The van der Waals surface area contributed by atoms with Crippen LogP contribution in [0.25, 0.3) is 0 Å². The van der Waals surface area contributed by atoms with Gasteiger partial charge >= 0.3 is 0 Å². The number of hydrogen-bond acceptors (Lipinski definition) is 3. The minimum absolute atomic E-state index is 0.488. The van der Waals surface area contributed by atoms with Crippen LogP contribution in [0.5, 0.6) is 0 Å². The van der Waals surface area contributed by atoms with Gasteiger partial charge in [-0.1, -0.05) is 13.8 Å². The summed E-state index contributed by atoms with van der Waals surface area (Å²) in [5, 5.41) is 0. The van der Waals surface area contributed by atoms with Crippen molar-refractivity contribution in [3.05, 3.63) is 23.7 Å². The van der Waals surface area contributed by atoms with Crippen molar-refractivity contribution in [2.75, 3.05) is 13.1 Å². The van der Waals surface area contributed by atoms with Gasteiger partial charge in [-0.25, -0.2) is 0 Å². The predicted octanol–water partition coefficient (Wildman–Crippen LogP) is 2.36. The van der Waals surface area contributed by atoms with Crippen LogP contribution < -0.4 is 5.73 Å². The Hall–Kier alpha value is -0.800. The van der Waals surface area contributed by atoms with E-state index in [-0.39, 0.29) is 0 Å². The van der Waals surface area contributed by atoms with Gasteiger partial charge in [0, 0.05) is 0 Å². The maximum atomic E-state index is 5.59. The van der Waals surface area contributed by atoms with Gasteiger partial charge in [0.2, 0.25) is 0 Å². The second-order valence-corrected chi connectivity index (χ2v) is 3.85. The summed E-state index contributed by atoms with van der Waals surface area (Å²) in [5.41, 5.74) is 5.50. The maximum Gasteiger partial charge on any atom is 0.118 e. The Morgan fingerprint density at radius 2 is 1.73 bits per heavy atom. The molecule has 0 saturated heterocycles. The SMILES string of the molecule is CCCN(CCC)Cc1ccc(CN)o1. The summed E-state index contributed by atoms with van der Waals surface area (Å²) in [5.74, 6) is 1.90. The minimum atomic E-state index is 0.488. The number of nitrogens with two attached hydrogens (primary N) is 1. The molecular formula is C12H22N2O. The fourth-order valence-electron chi connectivity index (χ4n) is 1.74. The van der Waals surface area contributed by atoms with Gasteiger partial charge in [-0.2, -0.15) is 0 Å². The molecule has 1 heterocycles. The van der Waals surface area contributed by atoms with Gasteiger partial charge in [0.25, 0.3) is 0 Å². The maximum absolute atomic E-state index is 5.59. The van der Waals surface area contributed by atoms with Crippen molar-refractivity contribution < 1.29 is 4.42 Å². The molecule has 0 aliphatic heterocycles. The van der Waals surface area contributed by atoms with Crippen molar-refractivity contribution >= 4 is 0 Å². The zero-order valence-electron chi connectivity index (χ0n) is 9.83. The first-order chi connectivity index (χ1) is 7.30. The molecule has 0 amide bonds. The third kappa shape index (κ3) is 4.06. The van der Waals surface area contributed by atoms with Gasteiger partial charge in [0.1, 0.15) is 11.5 Å². The third-order valence-electron chi connectivity index (χ3n) is 2.38. The van der Waals surface area contributed by atoms with Gasteiger partial charge in [-0.3, -0.25) is 4.90 Å². The Kier molecular flexibility index (Phi) is 5.43. The van der Waals surface area contributed by atoms with Crippen LogP contribution in [0.4, 0.5) is 0 Å². The van der Waals surface area contributed by atoms with Crippen molar-refractivity contribution in [2.45, 2.75) is 39.8 Å². The first-order valence-electron chi connectivity index (χ1n) is 5.80. The van der Waals surface area contributed by atoms with Crippen LogP contribution in [0.1, 0.15) is 38.2 Å². The zero-order valence-corrected chi connectivity index (χ0v) is 9.83.